The molecule has 1 atom stereocenters. The summed E-state index contributed by atoms with van der Waals surface area (Å²) in [5, 5.41) is 0. The highest BCUT2D eigenvalue weighted by molar-refractivity contribution is 5.20. The first-order valence-electron chi connectivity index (χ1n) is 6.27. The van der Waals surface area contributed by atoms with E-state index in [1.165, 1.54) is 0 Å². The number of hydrogen-bond acceptors (Lipinski definition) is 3. The molecule has 0 radical (unpaired) electrons. The van der Waals surface area contributed by atoms with Gasteiger partial charge in [0.05, 0.1) is 0 Å². The lowest BCUT2D eigenvalue weighted by atomic mass is 10.1. The van der Waals surface area contributed by atoms with Crippen molar-refractivity contribution >= 4 is 0 Å². The molecule has 1 heterocycles. The monoisotopic (exact) mass is 273 g/mol. The molecular weight excluding hydrogens is 255 g/mol. The molecule has 1 unspecified atom stereocenters. The minimum atomic E-state index is -1.16. The van der Waals surface area contributed by atoms with Gasteiger partial charge in [-0.05, 0) is 13.1 Å². The third-order valence-electron chi connectivity index (χ3n) is 3.54. The highest BCUT2D eigenvalue weighted by Gasteiger charge is 2.25. The van der Waals surface area contributed by atoms with Gasteiger partial charge in [-0.15, -0.1) is 0 Å². The van der Waals surface area contributed by atoms with Gasteiger partial charge < -0.3 is 10.6 Å². The van der Waals surface area contributed by atoms with Crippen LogP contribution in [0.3, 0.4) is 0 Å². The Labute approximate surface area is 110 Å². The summed E-state index contributed by atoms with van der Waals surface area (Å²) in [6.07, 6.45) is 0. The largest absolute Gasteiger partial charge is 0.329 e. The second-order valence-corrected chi connectivity index (χ2v) is 4.98. The average Bonchev–Trinajstić information content (AvgIpc) is 2.37. The number of nitrogens with two attached hydrogens (primary N) is 1. The Balaban J connectivity index is 2.14. The molecule has 19 heavy (non-hydrogen) atoms. The minimum absolute atomic E-state index is 0.103. The summed E-state index contributed by atoms with van der Waals surface area (Å²) in [6.45, 7) is 3.08. The zero-order valence-corrected chi connectivity index (χ0v) is 10.9. The molecule has 0 aromatic heterocycles. The summed E-state index contributed by atoms with van der Waals surface area (Å²) in [5.74, 6) is -2.89. The molecule has 2 rings (SSSR count). The van der Waals surface area contributed by atoms with Crippen LogP contribution in [0, 0.1) is 17.5 Å². The molecule has 0 bridgehead atoms. The Morgan fingerprint density at radius 3 is 2.53 bits per heavy atom. The molecule has 0 spiro atoms. The fourth-order valence-electron chi connectivity index (χ4n) is 2.38. The van der Waals surface area contributed by atoms with Gasteiger partial charge in [0, 0.05) is 50.4 Å². The van der Waals surface area contributed by atoms with Crippen LogP contribution in [0.4, 0.5) is 13.2 Å². The van der Waals surface area contributed by atoms with Crippen molar-refractivity contribution in [1.29, 1.82) is 0 Å². The molecule has 1 aromatic carbocycles. The second kappa shape index (κ2) is 5.90. The highest BCUT2D eigenvalue weighted by atomic mass is 19.2. The maximum absolute atomic E-state index is 13.6. The topological polar surface area (TPSA) is 32.5 Å². The number of piperazine rings is 1. The van der Waals surface area contributed by atoms with E-state index in [-0.39, 0.29) is 18.2 Å². The van der Waals surface area contributed by atoms with Gasteiger partial charge in [-0.2, -0.15) is 0 Å². The molecule has 0 amide bonds. The lowest BCUT2D eigenvalue weighted by Gasteiger charge is -2.39. The van der Waals surface area contributed by atoms with Gasteiger partial charge in [-0.25, -0.2) is 13.2 Å². The summed E-state index contributed by atoms with van der Waals surface area (Å²) in [7, 11) is 2.00. The average molecular weight is 273 g/mol. The summed E-state index contributed by atoms with van der Waals surface area (Å²) in [5.41, 5.74) is 5.87. The van der Waals surface area contributed by atoms with Crippen LogP contribution in [0.15, 0.2) is 12.1 Å². The lowest BCUT2D eigenvalue weighted by Crippen LogP contribution is -2.54. The van der Waals surface area contributed by atoms with Crippen LogP contribution in [-0.2, 0) is 6.54 Å². The number of benzene rings is 1. The Hall–Kier alpha value is -1.11. The number of hydrogen-bond donors (Lipinski definition) is 1. The van der Waals surface area contributed by atoms with Gasteiger partial charge in [0.15, 0.2) is 11.6 Å². The van der Waals surface area contributed by atoms with Crippen molar-refractivity contribution < 1.29 is 13.2 Å². The second-order valence-electron chi connectivity index (χ2n) is 4.98. The summed E-state index contributed by atoms with van der Waals surface area (Å²) in [4.78, 5) is 4.16. The lowest BCUT2D eigenvalue weighted by molar-refractivity contribution is 0.0870. The Kier molecular flexibility index (Phi) is 4.44. The van der Waals surface area contributed by atoms with E-state index in [9.17, 15) is 13.2 Å². The van der Waals surface area contributed by atoms with Crippen LogP contribution < -0.4 is 5.73 Å². The molecule has 0 aliphatic carbocycles. The van der Waals surface area contributed by atoms with E-state index in [0.29, 0.717) is 12.6 Å². The molecule has 1 aromatic rings. The normalized spacial score (nSPS) is 21.8. The molecule has 0 saturated carbocycles. The van der Waals surface area contributed by atoms with Crippen molar-refractivity contribution in [3.05, 3.63) is 35.1 Å². The van der Waals surface area contributed by atoms with Crippen molar-refractivity contribution in [3.8, 4) is 0 Å². The van der Waals surface area contributed by atoms with Gasteiger partial charge in [-0.1, -0.05) is 0 Å². The molecule has 2 N–H and O–H groups in total. The van der Waals surface area contributed by atoms with E-state index in [1.54, 1.807) is 0 Å². The smallest absolute Gasteiger partial charge is 0.161 e. The van der Waals surface area contributed by atoms with Crippen LogP contribution in [0.5, 0.6) is 0 Å². The molecule has 6 heteroatoms. The molecule has 1 aliphatic rings. The van der Waals surface area contributed by atoms with Crippen LogP contribution in [0.25, 0.3) is 0 Å². The van der Waals surface area contributed by atoms with Gasteiger partial charge >= 0.3 is 0 Å². The first kappa shape index (κ1) is 14.3. The predicted octanol–water partition coefficient (Wildman–Crippen LogP) is 1.18. The minimum Gasteiger partial charge on any atom is -0.329 e. The van der Waals surface area contributed by atoms with E-state index >= 15 is 0 Å². The van der Waals surface area contributed by atoms with E-state index < -0.39 is 17.5 Å². The third-order valence-corrected chi connectivity index (χ3v) is 3.54. The van der Waals surface area contributed by atoms with Crippen molar-refractivity contribution in [1.82, 2.24) is 9.80 Å². The van der Waals surface area contributed by atoms with E-state index in [0.717, 1.165) is 25.7 Å². The van der Waals surface area contributed by atoms with Gasteiger partial charge in [0.1, 0.15) is 5.82 Å². The van der Waals surface area contributed by atoms with Crippen LogP contribution in [-0.4, -0.2) is 49.1 Å². The van der Waals surface area contributed by atoms with Crippen LogP contribution >= 0.6 is 0 Å². The summed E-state index contributed by atoms with van der Waals surface area (Å²) in [6, 6.07) is 1.63. The van der Waals surface area contributed by atoms with Crippen molar-refractivity contribution in [3.63, 3.8) is 0 Å². The quantitative estimate of drug-likeness (QED) is 0.839. The summed E-state index contributed by atoms with van der Waals surface area (Å²) >= 11 is 0. The highest BCUT2D eigenvalue weighted by Crippen LogP contribution is 2.18. The predicted molar refractivity (Wildman–Crippen MR) is 67.1 cm³/mol. The van der Waals surface area contributed by atoms with Gasteiger partial charge in [0.25, 0.3) is 0 Å². The Morgan fingerprint density at radius 2 is 1.84 bits per heavy atom. The number of nitrogens with zero attached hydrogens (tertiary/aromatic N) is 2. The Bertz CT molecular complexity index is 453. The molecule has 1 aliphatic heterocycles. The number of halogens is 3. The van der Waals surface area contributed by atoms with E-state index in [1.807, 2.05) is 11.9 Å². The first-order valence-corrected chi connectivity index (χ1v) is 6.27. The van der Waals surface area contributed by atoms with E-state index in [4.69, 9.17) is 5.73 Å². The van der Waals surface area contributed by atoms with Gasteiger partial charge in [-0.3, -0.25) is 4.90 Å². The zero-order chi connectivity index (χ0) is 14.0. The molecule has 3 nitrogen and oxygen atoms in total. The first-order chi connectivity index (χ1) is 9.01. The fraction of sp³-hybridized carbons (Fsp3) is 0.538. The van der Waals surface area contributed by atoms with Crippen molar-refractivity contribution in [2.45, 2.75) is 12.6 Å². The SMILES string of the molecule is CN1CCN(Cc2cc(F)c(F)cc2F)C(CN)C1. The molecule has 106 valence electrons. The molecular formula is C13H18F3N3. The van der Waals surface area contributed by atoms with Crippen LogP contribution in [0.2, 0.25) is 0 Å². The van der Waals surface area contributed by atoms with Crippen LogP contribution in [0.1, 0.15) is 5.56 Å². The standard InChI is InChI=1S/C13H18F3N3/c1-18-2-3-19(10(6-17)8-18)7-9-4-12(15)13(16)5-11(9)14/h4-5,10H,2-3,6-8,17H2,1H3. The maximum atomic E-state index is 13.6. The summed E-state index contributed by atoms with van der Waals surface area (Å²) < 4.78 is 39.7. The van der Waals surface area contributed by atoms with E-state index in [2.05, 4.69) is 4.90 Å². The van der Waals surface area contributed by atoms with Crippen molar-refractivity contribution in [2.75, 3.05) is 33.2 Å². The number of rotatable bonds is 3. The van der Waals surface area contributed by atoms with Crippen molar-refractivity contribution in [2.24, 2.45) is 5.73 Å². The molecule has 1 fully saturated rings. The van der Waals surface area contributed by atoms with Gasteiger partial charge in [0.2, 0.25) is 0 Å². The third kappa shape index (κ3) is 3.26. The zero-order valence-electron chi connectivity index (χ0n) is 10.9. The fourth-order valence-corrected chi connectivity index (χ4v) is 2.38. The maximum Gasteiger partial charge on any atom is 0.161 e. The molecule has 1 saturated heterocycles. The Morgan fingerprint density at radius 1 is 1.16 bits per heavy atom. The number of likely N-dealkylation sites (N-methyl/N-ethyl adjacent to an activating group) is 1.